The number of carbonyl (C=O) groups excluding carboxylic acids is 2. The van der Waals surface area contributed by atoms with Gasteiger partial charge in [-0.25, -0.2) is 4.79 Å². The van der Waals surface area contributed by atoms with Gasteiger partial charge in [-0.2, -0.15) is 0 Å². The van der Waals surface area contributed by atoms with Crippen LogP contribution in [-0.4, -0.2) is 34.8 Å². The summed E-state index contributed by atoms with van der Waals surface area (Å²) in [4.78, 5) is 37.5. The van der Waals surface area contributed by atoms with Crippen molar-refractivity contribution in [3.63, 3.8) is 0 Å². The molecule has 1 saturated heterocycles. The molecular weight excluding hydrogens is 372 g/mol. The van der Waals surface area contributed by atoms with Crippen LogP contribution in [0.4, 0.5) is 5.69 Å². The minimum Gasteiger partial charge on any atom is -0.444 e. The van der Waals surface area contributed by atoms with Gasteiger partial charge in [0.15, 0.2) is 0 Å². The fourth-order valence-electron chi connectivity index (χ4n) is 3.23. The second-order valence-corrected chi connectivity index (χ2v) is 6.80. The number of nitro benzene ring substituents is 1. The van der Waals surface area contributed by atoms with Gasteiger partial charge < -0.3 is 9.64 Å². The second-order valence-electron chi connectivity index (χ2n) is 6.80. The van der Waals surface area contributed by atoms with E-state index in [1.54, 1.807) is 35.2 Å². The molecule has 1 aliphatic rings. The summed E-state index contributed by atoms with van der Waals surface area (Å²) in [6.07, 6.45) is 4.56. The quantitative estimate of drug-likeness (QED) is 0.321. The fourth-order valence-corrected chi connectivity index (χ4v) is 3.23. The van der Waals surface area contributed by atoms with Crippen molar-refractivity contribution in [2.45, 2.75) is 25.4 Å². The predicted octanol–water partition coefficient (Wildman–Crippen LogP) is 3.91. The summed E-state index contributed by atoms with van der Waals surface area (Å²) >= 11 is 0. The number of amides is 1. The van der Waals surface area contributed by atoms with Crippen LogP contribution in [-0.2, 0) is 14.3 Å². The van der Waals surface area contributed by atoms with Crippen molar-refractivity contribution in [2.24, 2.45) is 0 Å². The molecule has 0 aromatic heterocycles. The number of rotatable bonds is 6. The highest BCUT2D eigenvalue weighted by Crippen LogP contribution is 2.23. The van der Waals surface area contributed by atoms with Crippen LogP contribution in [0.1, 0.15) is 36.5 Å². The van der Waals surface area contributed by atoms with Gasteiger partial charge in [0.1, 0.15) is 0 Å². The van der Waals surface area contributed by atoms with Gasteiger partial charge in [0.2, 0.25) is 6.10 Å². The van der Waals surface area contributed by atoms with Crippen LogP contribution in [0, 0.1) is 10.1 Å². The summed E-state index contributed by atoms with van der Waals surface area (Å²) in [5.41, 5.74) is 1.04. The van der Waals surface area contributed by atoms with Crippen LogP contribution < -0.4 is 0 Å². The van der Waals surface area contributed by atoms with Gasteiger partial charge >= 0.3 is 5.97 Å². The molecule has 1 amide bonds. The van der Waals surface area contributed by atoms with Gasteiger partial charge in [-0.1, -0.05) is 42.5 Å². The summed E-state index contributed by atoms with van der Waals surface area (Å²) < 4.78 is 5.50. The van der Waals surface area contributed by atoms with E-state index >= 15 is 0 Å². The number of esters is 1. The zero-order valence-electron chi connectivity index (χ0n) is 15.9. The van der Waals surface area contributed by atoms with Crippen LogP contribution in [0.2, 0.25) is 0 Å². The van der Waals surface area contributed by atoms with Gasteiger partial charge in [-0.3, -0.25) is 14.9 Å². The van der Waals surface area contributed by atoms with Crippen molar-refractivity contribution in [1.29, 1.82) is 0 Å². The number of likely N-dealkylation sites (tertiary alicyclic amines) is 1. The molecule has 29 heavy (non-hydrogen) atoms. The average Bonchev–Trinajstić information content (AvgIpc) is 2.77. The maximum Gasteiger partial charge on any atom is 0.331 e. The Morgan fingerprint density at radius 3 is 2.45 bits per heavy atom. The molecule has 0 radical (unpaired) electrons. The van der Waals surface area contributed by atoms with E-state index in [4.69, 9.17) is 4.74 Å². The highest BCUT2D eigenvalue weighted by Gasteiger charge is 2.29. The molecule has 2 aromatic carbocycles. The number of non-ortho nitro benzene ring substituents is 1. The second kappa shape index (κ2) is 9.64. The lowest BCUT2D eigenvalue weighted by atomic mass is 10.1. The van der Waals surface area contributed by atoms with E-state index in [1.165, 1.54) is 30.4 Å². The number of carbonyl (C=O) groups is 2. The predicted molar refractivity (Wildman–Crippen MR) is 108 cm³/mol. The first-order valence-corrected chi connectivity index (χ1v) is 9.51. The molecule has 1 fully saturated rings. The lowest BCUT2D eigenvalue weighted by Crippen LogP contribution is -2.40. The van der Waals surface area contributed by atoms with E-state index in [2.05, 4.69) is 0 Å². The summed E-state index contributed by atoms with van der Waals surface area (Å²) in [6.45, 7) is 1.31. The smallest absolute Gasteiger partial charge is 0.331 e. The Labute approximate surface area is 168 Å². The number of ether oxygens (including phenoxy) is 1. The molecule has 1 aliphatic heterocycles. The number of piperidine rings is 1. The monoisotopic (exact) mass is 394 g/mol. The Balaban J connectivity index is 1.75. The van der Waals surface area contributed by atoms with Crippen molar-refractivity contribution in [3.05, 3.63) is 81.9 Å². The van der Waals surface area contributed by atoms with E-state index in [0.29, 0.717) is 24.2 Å². The third-order valence-electron chi connectivity index (χ3n) is 4.72. The molecule has 150 valence electrons. The first kappa shape index (κ1) is 20.3. The van der Waals surface area contributed by atoms with E-state index in [0.717, 1.165) is 19.3 Å². The summed E-state index contributed by atoms with van der Waals surface area (Å²) in [5.74, 6) is -0.913. The Bertz CT molecular complexity index is 904. The minimum atomic E-state index is -1.02. The van der Waals surface area contributed by atoms with Gasteiger partial charge in [-0.05, 0) is 30.9 Å². The van der Waals surface area contributed by atoms with Crippen molar-refractivity contribution in [1.82, 2.24) is 4.90 Å². The lowest BCUT2D eigenvalue weighted by Gasteiger charge is -2.30. The average molecular weight is 394 g/mol. The third-order valence-corrected chi connectivity index (χ3v) is 4.72. The molecule has 0 unspecified atom stereocenters. The molecule has 2 aromatic rings. The summed E-state index contributed by atoms with van der Waals surface area (Å²) in [5, 5.41) is 10.9. The molecule has 7 nitrogen and oxygen atoms in total. The maximum absolute atomic E-state index is 13.0. The molecule has 0 N–H and O–H groups in total. The number of nitro groups is 1. The highest BCUT2D eigenvalue weighted by atomic mass is 16.6. The summed E-state index contributed by atoms with van der Waals surface area (Å²) in [6, 6.07) is 14.8. The van der Waals surface area contributed by atoms with E-state index < -0.39 is 17.0 Å². The number of nitrogens with zero attached hydrogens (tertiary/aromatic N) is 2. The lowest BCUT2D eigenvalue weighted by molar-refractivity contribution is -0.384. The Morgan fingerprint density at radius 1 is 1.03 bits per heavy atom. The van der Waals surface area contributed by atoms with Crippen molar-refractivity contribution >= 4 is 23.6 Å². The Morgan fingerprint density at radius 2 is 1.76 bits per heavy atom. The van der Waals surface area contributed by atoms with Gasteiger partial charge in [0, 0.05) is 36.9 Å². The zero-order valence-corrected chi connectivity index (χ0v) is 15.9. The van der Waals surface area contributed by atoms with Crippen LogP contribution in [0.25, 0.3) is 6.08 Å². The van der Waals surface area contributed by atoms with E-state index in [-0.39, 0.29) is 11.6 Å². The number of benzene rings is 2. The zero-order chi connectivity index (χ0) is 20.6. The standard InChI is InChI=1S/C22H22N2O5/c25-20(13-12-17-8-7-11-19(16-17)24(27)28)29-21(18-9-3-1-4-10-18)22(26)23-14-5-2-6-15-23/h1,3-4,7-13,16,21H,2,5-6,14-15H2/b13-12+/t21-/m0/s1. The largest absolute Gasteiger partial charge is 0.444 e. The van der Waals surface area contributed by atoms with Crippen LogP contribution in [0.3, 0.4) is 0 Å². The van der Waals surface area contributed by atoms with E-state index in [1.807, 2.05) is 6.07 Å². The molecule has 0 bridgehead atoms. The first-order chi connectivity index (χ1) is 14.0. The van der Waals surface area contributed by atoms with Crippen LogP contribution >= 0.6 is 0 Å². The maximum atomic E-state index is 13.0. The Hall–Kier alpha value is -3.48. The van der Waals surface area contributed by atoms with Gasteiger partial charge in [0.05, 0.1) is 4.92 Å². The SMILES string of the molecule is O=C(/C=C/c1cccc([N+](=O)[O-])c1)O[C@H](C(=O)N1CCCCC1)c1ccccc1. The molecule has 3 rings (SSSR count). The number of hydrogen-bond acceptors (Lipinski definition) is 5. The highest BCUT2D eigenvalue weighted by molar-refractivity contribution is 5.91. The van der Waals surface area contributed by atoms with E-state index in [9.17, 15) is 19.7 Å². The normalized spacial score (nSPS) is 15.1. The number of hydrogen-bond donors (Lipinski definition) is 0. The van der Waals surface area contributed by atoms with Crippen molar-refractivity contribution in [2.75, 3.05) is 13.1 Å². The van der Waals surface area contributed by atoms with Crippen LogP contribution in [0.5, 0.6) is 0 Å². The molecule has 1 atom stereocenters. The minimum absolute atomic E-state index is 0.0667. The molecule has 0 saturated carbocycles. The Kier molecular flexibility index (Phi) is 6.73. The summed E-state index contributed by atoms with van der Waals surface area (Å²) in [7, 11) is 0. The first-order valence-electron chi connectivity index (χ1n) is 9.51. The molecular formula is C22H22N2O5. The van der Waals surface area contributed by atoms with Gasteiger partial charge in [0.25, 0.3) is 11.6 Å². The molecule has 0 spiro atoms. The van der Waals surface area contributed by atoms with Crippen molar-refractivity contribution in [3.8, 4) is 0 Å². The van der Waals surface area contributed by atoms with Crippen LogP contribution in [0.15, 0.2) is 60.7 Å². The molecule has 1 heterocycles. The molecule has 7 heteroatoms. The van der Waals surface area contributed by atoms with Gasteiger partial charge in [-0.15, -0.1) is 0 Å². The van der Waals surface area contributed by atoms with Crippen molar-refractivity contribution < 1.29 is 19.2 Å². The topological polar surface area (TPSA) is 89.7 Å². The third kappa shape index (κ3) is 5.51. The molecule has 0 aliphatic carbocycles. The fraction of sp³-hybridized carbons (Fsp3) is 0.273.